The molecule has 10 nitrogen and oxygen atoms in total. The van der Waals surface area contributed by atoms with Gasteiger partial charge in [-0.3, -0.25) is 9.59 Å². The van der Waals surface area contributed by atoms with E-state index in [-0.39, 0.29) is 17.2 Å². The quantitative estimate of drug-likeness (QED) is 0.169. The molecular weight excluding hydrogens is 546 g/mol. The van der Waals surface area contributed by atoms with Gasteiger partial charge in [0.15, 0.2) is 11.5 Å². The zero-order valence-corrected chi connectivity index (χ0v) is 22.0. The van der Waals surface area contributed by atoms with Gasteiger partial charge in [0.1, 0.15) is 5.75 Å². The number of esters is 1. The molecule has 37 heavy (non-hydrogen) atoms. The molecule has 0 bridgehead atoms. The Labute approximate surface area is 221 Å². The molecule has 3 aromatic carbocycles. The van der Waals surface area contributed by atoms with Crippen molar-refractivity contribution < 1.29 is 33.3 Å². The van der Waals surface area contributed by atoms with E-state index in [1.165, 1.54) is 46.6 Å². The number of nitrogens with zero attached hydrogens (tertiary/aromatic N) is 1. The van der Waals surface area contributed by atoms with E-state index in [2.05, 4.69) is 31.8 Å². The number of nitrogens with one attached hydrogen (secondary N) is 2. The summed E-state index contributed by atoms with van der Waals surface area (Å²) in [7, 11) is 4.36. The van der Waals surface area contributed by atoms with Crippen molar-refractivity contribution >= 4 is 45.6 Å². The fourth-order valence-electron chi connectivity index (χ4n) is 3.20. The number of rotatable bonds is 9. The predicted molar refractivity (Wildman–Crippen MR) is 141 cm³/mol. The monoisotopic (exact) mass is 569 g/mol. The van der Waals surface area contributed by atoms with Gasteiger partial charge < -0.3 is 24.3 Å². The van der Waals surface area contributed by atoms with Crippen LogP contribution in [0.1, 0.15) is 33.2 Å². The van der Waals surface area contributed by atoms with Gasteiger partial charge in [0.25, 0.3) is 5.91 Å². The summed E-state index contributed by atoms with van der Waals surface area (Å²) in [4.78, 5) is 36.5. The molecule has 2 amide bonds. The first-order valence-electron chi connectivity index (χ1n) is 10.8. The molecular formula is C26H24BrN3O7. The maximum Gasteiger partial charge on any atom is 0.343 e. The maximum absolute atomic E-state index is 12.9. The number of methoxy groups -OCH3 is 3. The van der Waals surface area contributed by atoms with Crippen LogP contribution in [0.5, 0.6) is 23.0 Å². The molecule has 2 N–H and O–H groups in total. The molecule has 192 valence electrons. The fourth-order valence-corrected chi connectivity index (χ4v) is 3.58. The molecule has 0 heterocycles. The van der Waals surface area contributed by atoms with Crippen LogP contribution in [0.4, 0.5) is 5.69 Å². The number of hydrogen-bond acceptors (Lipinski definition) is 8. The summed E-state index contributed by atoms with van der Waals surface area (Å²) in [5.41, 5.74) is 3.94. The summed E-state index contributed by atoms with van der Waals surface area (Å²) in [5.74, 6) is -0.176. The topological polar surface area (TPSA) is 125 Å². The van der Waals surface area contributed by atoms with Crippen molar-refractivity contribution in [1.82, 2.24) is 5.43 Å². The van der Waals surface area contributed by atoms with Crippen LogP contribution in [-0.4, -0.2) is 45.3 Å². The highest BCUT2D eigenvalue weighted by molar-refractivity contribution is 9.10. The molecule has 0 aliphatic heterocycles. The first-order valence-corrected chi connectivity index (χ1v) is 11.6. The van der Waals surface area contributed by atoms with Gasteiger partial charge in [-0.25, -0.2) is 10.2 Å². The van der Waals surface area contributed by atoms with Crippen LogP contribution in [0.3, 0.4) is 0 Å². The zero-order chi connectivity index (χ0) is 26.9. The van der Waals surface area contributed by atoms with Crippen LogP contribution in [0.25, 0.3) is 0 Å². The normalized spacial score (nSPS) is 10.5. The van der Waals surface area contributed by atoms with Crippen LogP contribution in [-0.2, 0) is 4.79 Å². The highest BCUT2D eigenvalue weighted by Gasteiger charge is 2.19. The minimum absolute atomic E-state index is 0.177. The molecule has 0 aliphatic rings. The van der Waals surface area contributed by atoms with Crippen molar-refractivity contribution in [1.29, 1.82) is 0 Å². The number of benzene rings is 3. The van der Waals surface area contributed by atoms with Gasteiger partial charge in [0.05, 0.1) is 33.1 Å². The molecule has 0 saturated carbocycles. The minimum atomic E-state index is -0.667. The zero-order valence-electron chi connectivity index (χ0n) is 20.5. The fraction of sp³-hybridized carbons (Fsp3) is 0.154. The lowest BCUT2D eigenvalue weighted by atomic mass is 10.1. The Morgan fingerprint density at radius 1 is 0.838 bits per heavy atom. The van der Waals surface area contributed by atoms with Crippen molar-refractivity contribution in [2.45, 2.75) is 6.92 Å². The number of hydrogen-bond donors (Lipinski definition) is 2. The second-order valence-corrected chi connectivity index (χ2v) is 8.36. The van der Waals surface area contributed by atoms with Gasteiger partial charge in [-0.15, -0.1) is 0 Å². The number of anilines is 1. The number of halogens is 1. The lowest BCUT2D eigenvalue weighted by Gasteiger charge is -2.14. The van der Waals surface area contributed by atoms with E-state index < -0.39 is 11.9 Å². The lowest BCUT2D eigenvalue weighted by molar-refractivity contribution is -0.114. The summed E-state index contributed by atoms with van der Waals surface area (Å²) in [5, 5.41) is 6.61. The van der Waals surface area contributed by atoms with Crippen molar-refractivity contribution in [2.75, 3.05) is 26.6 Å². The van der Waals surface area contributed by atoms with E-state index in [1.807, 2.05) is 0 Å². The van der Waals surface area contributed by atoms with Gasteiger partial charge >= 0.3 is 5.97 Å². The number of ether oxygens (including phenoxy) is 4. The van der Waals surface area contributed by atoms with E-state index in [4.69, 9.17) is 18.9 Å². The molecule has 3 rings (SSSR count). The third-order valence-corrected chi connectivity index (χ3v) is 5.41. The third-order valence-electron chi connectivity index (χ3n) is 4.91. The molecule has 0 saturated heterocycles. The Kier molecular flexibility index (Phi) is 9.22. The smallest absolute Gasteiger partial charge is 0.343 e. The van der Waals surface area contributed by atoms with E-state index >= 15 is 0 Å². The molecule has 3 aromatic rings. The van der Waals surface area contributed by atoms with E-state index in [0.29, 0.717) is 38.5 Å². The predicted octanol–water partition coefficient (Wildman–Crippen LogP) is 4.42. The lowest BCUT2D eigenvalue weighted by Crippen LogP contribution is -2.18. The number of hydrazone groups is 1. The number of carbonyl (C=O) groups excluding carboxylic acids is 3. The van der Waals surface area contributed by atoms with Crippen molar-refractivity contribution in [3.05, 3.63) is 75.8 Å². The van der Waals surface area contributed by atoms with Crippen LogP contribution >= 0.6 is 15.9 Å². The van der Waals surface area contributed by atoms with Crippen molar-refractivity contribution in [3.8, 4) is 23.0 Å². The van der Waals surface area contributed by atoms with Crippen LogP contribution in [0.15, 0.2) is 64.2 Å². The Morgan fingerprint density at radius 3 is 2.05 bits per heavy atom. The first-order chi connectivity index (χ1) is 17.7. The third kappa shape index (κ3) is 7.07. The largest absolute Gasteiger partial charge is 0.493 e. The SMILES string of the molecule is COc1cc(C(=O)Oc2ccc(Br)cc2C=NNC(=O)c2ccc(NC(C)=O)cc2)cc(OC)c1OC. The van der Waals surface area contributed by atoms with Crippen molar-refractivity contribution in [3.63, 3.8) is 0 Å². The average Bonchev–Trinajstić information content (AvgIpc) is 2.89. The number of carbonyl (C=O) groups is 3. The minimum Gasteiger partial charge on any atom is -0.493 e. The average molecular weight is 570 g/mol. The Bertz CT molecular complexity index is 1320. The molecule has 0 radical (unpaired) electrons. The van der Waals surface area contributed by atoms with Crippen LogP contribution < -0.4 is 29.7 Å². The van der Waals surface area contributed by atoms with Crippen LogP contribution in [0, 0.1) is 0 Å². The van der Waals surface area contributed by atoms with Gasteiger partial charge in [0.2, 0.25) is 11.7 Å². The summed E-state index contributed by atoms with van der Waals surface area (Å²) in [6, 6.07) is 14.2. The Morgan fingerprint density at radius 2 is 1.49 bits per heavy atom. The summed E-state index contributed by atoms with van der Waals surface area (Å²) in [6.07, 6.45) is 1.35. The molecule has 0 atom stereocenters. The summed E-state index contributed by atoms with van der Waals surface area (Å²) < 4.78 is 22.2. The van der Waals surface area contributed by atoms with E-state index in [9.17, 15) is 14.4 Å². The molecule has 11 heteroatoms. The molecule has 0 aromatic heterocycles. The molecule has 0 fully saturated rings. The Balaban J connectivity index is 1.76. The van der Waals surface area contributed by atoms with Gasteiger partial charge in [-0.2, -0.15) is 5.10 Å². The highest BCUT2D eigenvalue weighted by atomic mass is 79.9. The second-order valence-electron chi connectivity index (χ2n) is 7.44. The van der Waals surface area contributed by atoms with Gasteiger partial charge in [-0.1, -0.05) is 15.9 Å². The summed E-state index contributed by atoms with van der Waals surface area (Å²) in [6.45, 7) is 1.40. The molecule has 0 aliphatic carbocycles. The van der Waals surface area contributed by atoms with Gasteiger partial charge in [0, 0.05) is 28.2 Å². The molecule has 0 spiro atoms. The standard InChI is InChI=1S/C26H24BrN3O7/c1-15(31)29-20-8-5-16(6-9-20)25(32)30-28-14-18-11-19(27)7-10-21(18)37-26(33)17-12-22(34-2)24(36-4)23(13-17)35-3/h5-14H,1-4H3,(H,29,31)(H,30,32). The van der Waals surface area contributed by atoms with E-state index in [0.717, 1.165) is 0 Å². The summed E-state index contributed by atoms with van der Waals surface area (Å²) >= 11 is 3.38. The second kappa shape index (κ2) is 12.5. The van der Waals surface area contributed by atoms with Crippen LogP contribution in [0.2, 0.25) is 0 Å². The van der Waals surface area contributed by atoms with Crippen molar-refractivity contribution in [2.24, 2.45) is 5.10 Å². The van der Waals surface area contributed by atoms with Gasteiger partial charge in [-0.05, 0) is 54.6 Å². The highest BCUT2D eigenvalue weighted by Crippen LogP contribution is 2.38. The maximum atomic E-state index is 12.9. The van der Waals surface area contributed by atoms with E-state index in [1.54, 1.807) is 42.5 Å². The first kappa shape index (κ1) is 27.2. The Hall–Kier alpha value is -4.38. The number of amides is 2. The molecule has 0 unspecified atom stereocenters.